The van der Waals surface area contributed by atoms with Crippen LogP contribution < -0.4 is 10.6 Å². The molecule has 1 aromatic heterocycles. The third-order valence-electron chi connectivity index (χ3n) is 5.33. The highest BCUT2D eigenvalue weighted by atomic mass is 32.1. The molecule has 1 fully saturated rings. The molecule has 2 heterocycles. The molecule has 2 amide bonds. The number of amides is 2. The summed E-state index contributed by atoms with van der Waals surface area (Å²) in [7, 11) is 2.12. The molecule has 2 aromatic rings. The first-order valence-corrected chi connectivity index (χ1v) is 10.5. The summed E-state index contributed by atoms with van der Waals surface area (Å²) >= 11 is 1.65. The van der Waals surface area contributed by atoms with E-state index in [1.165, 1.54) is 5.56 Å². The zero-order valence-corrected chi connectivity index (χ0v) is 17.5. The van der Waals surface area contributed by atoms with Crippen molar-refractivity contribution in [1.29, 1.82) is 0 Å². The number of carbonyl (C=O) groups excluding carboxylic acids is 2. The number of likely N-dealkylation sites (N-methyl/N-ethyl adjacent to an activating group) is 1. The molecule has 1 saturated heterocycles. The molecule has 0 radical (unpaired) electrons. The van der Waals surface area contributed by atoms with Gasteiger partial charge >= 0.3 is 11.8 Å². The topological polar surface area (TPSA) is 64.7 Å². The molecule has 1 aliphatic heterocycles. The molecular formula is C21H28N4O2S. The lowest BCUT2D eigenvalue weighted by atomic mass is 10.1. The molecule has 0 saturated carbocycles. The highest BCUT2D eigenvalue weighted by Crippen LogP contribution is 2.23. The zero-order chi connectivity index (χ0) is 20.1. The van der Waals surface area contributed by atoms with Crippen molar-refractivity contribution in [1.82, 2.24) is 15.1 Å². The second kappa shape index (κ2) is 9.32. The first kappa shape index (κ1) is 20.5. The van der Waals surface area contributed by atoms with Crippen LogP contribution in [0.25, 0.3) is 0 Å². The van der Waals surface area contributed by atoms with Crippen LogP contribution in [0.1, 0.15) is 22.7 Å². The molecule has 1 atom stereocenters. The van der Waals surface area contributed by atoms with Gasteiger partial charge in [-0.3, -0.25) is 14.5 Å². The maximum absolute atomic E-state index is 12.4. The minimum Gasteiger partial charge on any atom is -0.346 e. The van der Waals surface area contributed by atoms with Crippen molar-refractivity contribution < 1.29 is 9.59 Å². The lowest BCUT2D eigenvalue weighted by molar-refractivity contribution is -0.136. The SMILES string of the molecule is Cc1ccc(NC(=O)C(=O)NC[C@H](c2ccsc2)N2CCN(C)CC2)cc1C. The minimum absolute atomic E-state index is 0.0818. The van der Waals surface area contributed by atoms with Crippen LogP contribution in [0.3, 0.4) is 0 Å². The Hall–Kier alpha value is -2.22. The van der Waals surface area contributed by atoms with Crippen molar-refractivity contribution in [3.8, 4) is 0 Å². The summed E-state index contributed by atoms with van der Waals surface area (Å²) in [4.78, 5) is 29.3. The highest BCUT2D eigenvalue weighted by Gasteiger charge is 2.25. The molecule has 0 unspecified atom stereocenters. The van der Waals surface area contributed by atoms with E-state index in [9.17, 15) is 9.59 Å². The van der Waals surface area contributed by atoms with E-state index < -0.39 is 11.8 Å². The van der Waals surface area contributed by atoms with Crippen LogP contribution in [-0.2, 0) is 9.59 Å². The van der Waals surface area contributed by atoms with Crippen molar-refractivity contribution in [3.05, 3.63) is 51.7 Å². The lowest BCUT2D eigenvalue weighted by Crippen LogP contribution is -2.49. The van der Waals surface area contributed by atoms with Crippen LogP contribution in [0.4, 0.5) is 5.69 Å². The number of hydrogen-bond acceptors (Lipinski definition) is 5. The Bertz CT molecular complexity index is 814. The third-order valence-corrected chi connectivity index (χ3v) is 6.04. The van der Waals surface area contributed by atoms with Gasteiger partial charge in [-0.15, -0.1) is 0 Å². The maximum Gasteiger partial charge on any atom is 0.313 e. The van der Waals surface area contributed by atoms with E-state index in [1.807, 2.05) is 37.4 Å². The summed E-state index contributed by atoms with van der Waals surface area (Å²) in [6, 6.07) is 7.79. The van der Waals surface area contributed by atoms with Gasteiger partial charge in [-0.1, -0.05) is 6.07 Å². The monoisotopic (exact) mass is 400 g/mol. The summed E-state index contributed by atoms with van der Waals surface area (Å²) in [6.07, 6.45) is 0. The van der Waals surface area contributed by atoms with Gasteiger partial charge in [0.1, 0.15) is 0 Å². The van der Waals surface area contributed by atoms with Crippen molar-refractivity contribution in [2.24, 2.45) is 0 Å². The van der Waals surface area contributed by atoms with Gasteiger partial charge in [-0.25, -0.2) is 0 Å². The summed E-state index contributed by atoms with van der Waals surface area (Å²) < 4.78 is 0. The van der Waals surface area contributed by atoms with E-state index in [2.05, 4.69) is 38.9 Å². The van der Waals surface area contributed by atoms with E-state index in [0.29, 0.717) is 12.2 Å². The van der Waals surface area contributed by atoms with Crippen LogP contribution in [0.5, 0.6) is 0 Å². The number of hydrogen-bond donors (Lipinski definition) is 2. The van der Waals surface area contributed by atoms with Gasteiger partial charge in [-0.05, 0) is 66.5 Å². The third kappa shape index (κ3) is 5.19. The maximum atomic E-state index is 12.4. The van der Waals surface area contributed by atoms with Gasteiger partial charge in [0.25, 0.3) is 0 Å². The second-order valence-electron chi connectivity index (χ2n) is 7.37. The Morgan fingerprint density at radius 3 is 2.46 bits per heavy atom. The van der Waals surface area contributed by atoms with Gasteiger partial charge in [0, 0.05) is 38.4 Å². The number of rotatable bonds is 5. The molecular weight excluding hydrogens is 372 g/mol. The van der Waals surface area contributed by atoms with E-state index in [-0.39, 0.29) is 6.04 Å². The number of aryl methyl sites for hydroxylation is 2. The molecule has 6 nitrogen and oxygen atoms in total. The van der Waals surface area contributed by atoms with Crippen LogP contribution >= 0.6 is 11.3 Å². The summed E-state index contributed by atoms with van der Waals surface area (Å²) in [5, 5.41) is 9.67. The van der Waals surface area contributed by atoms with E-state index in [0.717, 1.165) is 37.3 Å². The van der Waals surface area contributed by atoms with Gasteiger partial charge in [-0.2, -0.15) is 11.3 Å². The second-order valence-corrected chi connectivity index (χ2v) is 8.15. The fraction of sp³-hybridized carbons (Fsp3) is 0.429. The van der Waals surface area contributed by atoms with Crippen molar-refractivity contribution in [3.63, 3.8) is 0 Å². The van der Waals surface area contributed by atoms with Gasteiger partial charge in [0.2, 0.25) is 0 Å². The molecule has 0 aliphatic carbocycles. The number of piperazine rings is 1. The molecule has 2 N–H and O–H groups in total. The van der Waals surface area contributed by atoms with Crippen molar-refractivity contribution >= 4 is 28.8 Å². The van der Waals surface area contributed by atoms with E-state index in [1.54, 1.807) is 11.3 Å². The molecule has 0 spiro atoms. The predicted molar refractivity (Wildman–Crippen MR) is 114 cm³/mol. The van der Waals surface area contributed by atoms with Gasteiger partial charge < -0.3 is 15.5 Å². The molecule has 3 rings (SSSR count). The van der Waals surface area contributed by atoms with E-state index >= 15 is 0 Å². The minimum atomic E-state index is -0.634. The number of nitrogens with zero attached hydrogens (tertiary/aromatic N) is 2. The lowest BCUT2D eigenvalue weighted by Gasteiger charge is -2.37. The number of thiophene rings is 1. The Morgan fingerprint density at radius 2 is 1.82 bits per heavy atom. The fourth-order valence-electron chi connectivity index (χ4n) is 3.33. The highest BCUT2D eigenvalue weighted by molar-refractivity contribution is 7.08. The van der Waals surface area contributed by atoms with E-state index in [4.69, 9.17) is 0 Å². The molecule has 7 heteroatoms. The van der Waals surface area contributed by atoms with Crippen molar-refractivity contribution in [2.75, 3.05) is 45.1 Å². The quantitative estimate of drug-likeness (QED) is 0.757. The fourth-order valence-corrected chi connectivity index (χ4v) is 4.04. The molecule has 1 aliphatic rings. The Kier molecular flexibility index (Phi) is 6.83. The Labute approximate surface area is 170 Å². The van der Waals surface area contributed by atoms with Crippen molar-refractivity contribution in [2.45, 2.75) is 19.9 Å². The number of anilines is 1. The normalized spacial score (nSPS) is 16.5. The zero-order valence-electron chi connectivity index (χ0n) is 16.7. The average Bonchev–Trinajstić information content (AvgIpc) is 3.20. The molecule has 28 heavy (non-hydrogen) atoms. The smallest absolute Gasteiger partial charge is 0.313 e. The molecule has 1 aromatic carbocycles. The van der Waals surface area contributed by atoms with Crippen LogP contribution in [0, 0.1) is 13.8 Å². The Morgan fingerprint density at radius 1 is 1.07 bits per heavy atom. The molecule has 150 valence electrons. The van der Waals surface area contributed by atoms with Gasteiger partial charge in [0.05, 0.1) is 6.04 Å². The number of benzene rings is 1. The molecule has 0 bridgehead atoms. The number of carbonyl (C=O) groups is 2. The van der Waals surface area contributed by atoms with Crippen LogP contribution in [0.15, 0.2) is 35.0 Å². The predicted octanol–water partition coefficient (Wildman–Crippen LogP) is 2.41. The van der Waals surface area contributed by atoms with Crippen LogP contribution in [0.2, 0.25) is 0 Å². The summed E-state index contributed by atoms with van der Waals surface area (Å²) in [5.41, 5.74) is 4.04. The van der Waals surface area contributed by atoms with Gasteiger partial charge in [0.15, 0.2) is 0 Å². The first-order chi connectivity index (χ1) is 13.4. The Balaban J connectivity index is 1.59. The largest absolute Gasteiger partial charge is 0.346 e. The standard InChI is InChI=1S/C21H28N4O2S/c1-15-4-5-18(12-16(15)2)23-21(27)20(26)22-13-19(17-6-11-28-14-17)25-9-7-24(3)8-10-25/h4-6,11-12,14,19H,7-10,13H2,1-3H3,(H,22,26)(H,23,27)/t19-/m1/s1. The average molecular weight is 401 g/mol. The van der Waals surface area contributed by atoms with Crippen LogP contribution in [-0.4, -0.2) is 61.4 Å². The summed E-state index contributed by atoms with van der Waals surface area (Å²) in [5.74, 6) is -1.24. The number of nitrogens with one attached hydrogen (secondary N) is 2. The first-order valence-electron chi connectivity index (χ1n) is 9.55. The summed E-state index contributed by atoms with van der Waals surface area (Å²) in [6.45, 7) is 8.30.